The lowest BCUT2D eigenvalue weighted by atomic mass is 9.91. The summed E-state index contributed by atoms with van der Waals surface area (Å²) in [7, 11) is 1.71. The zero-order valence-electron chi connectivity index (χ0n) is 7.95. The molecule has 0 amide bonds. The minimum atomic E-state index is 0.989. The van der Waals surface area contributed by atoms with Gasteiger partial charge in [-0.05, 0) is 48.9 Å². The second kappa shape index (κ2) is 3.69. The predicted octanol–water partition coefficient (Wildman–Crippen LogP) is 3.28. The normalized spacial score (nSPS) is 16.1. The van der Waals surface area contributed by atoms with Crippen molar-refractivity contribution in [3.63, 3.8) is 0 Å². The van der Waals surface area contributed by atoms with Gasteiger partial charge in [-0.15, -0.1) is 0 Å². The maximum absolute atomic E-state index is 4.04. The molecule has 68 valence electrons. The molecular formula is C11H14N2. The number of aryl methyl sites for hydroxylation is 2. The first-order chi connectivity index (χ1) is 6.40. The average Bonchev–Trinajstić information content (AvgIpc) is 2.18. The van der Waals surface area contributed by atoms with Gasteiger partial charge in [-0.25, -0.2) is 0 Å². The minimum absolute atomic E-state index is 0.989. The fraction of sp³-hybridized carbons (Fsp3) is 0.455. The van der Waals surface area contributed by atoms with Crippen LogP contribution in [0.5, 0.6) is 0 Å². The fourth-order valence-corrected chi connectivity index (χ4v) is 1.90. The third-order valence-electron chi connectivity index (χ3n) is 2.55. The highest BCUT2D eigenvalue weighted by molar-refractivity contribution is 5.44. The summed E-state index contributed by atoms with van der Waals surface area (Å²) < 4.78 is 0. The molecule has 13 heavy (non-hydrogen) atoms. The molecule has 1 aliphatic carbocycles. The topological polar surface area (TPSA) is 24.7 Å². The number of benzene rings is 1. The number of azo groups is 1. The Bertz CT molecular complexity index is 329. The molecule has 0 heterocycles. The molecule has 0 spiro atoms. The first kappa shape index (κ1) is 8.42. The van der Waals surface area contributed by atoms with E-state index in [9.17, 15) is 0 Å². The molecule has 2 nitrogen and oxygen atoms in total. The summed E-state index contributed by atoms with van der Waals surface area (Å²) in [5, 5.41) is 7.82. The van der Waals surface area contributed by atoms with Gasteiger partial charge in [0.1, 0.15) is 0 Å². The van der Waals surface area contributed by atoms with Crippen molar-refractivity contribution in [3.8, 4) is 0 Å². The highest BCUT2D eigenvalue weighted by Crippen LogP contribution is 2.25. The van der Waals surface area contributed by atoms with E-state index >= 15 is 0 Å². The molecule has 1 aromatic carbocycles. The van der Waals surface area contributed by atoms with Crippen molar-refractivity contribution >= 4 is 5.69 Å². The Hall–Kier alpha value is -1.18. The molecule has 0 saturated carbocycles. The van der Waals surface area contributed by atoms with Crippen LogP contribution in [0.3, 0.4) is 0 Å². The quantitative estimate of drug-likeness (QED) is 0.584. The Morgan fingerprint density at radius 1 is 1.08 bits per heavy atom. The summed E-state index contributed by atoms with van der Waals surface area (Å²) >= 11 is 0. The van der Waals surface area contributed by atoms with E-state index in [4.69, 9.17) is 0 Å². The molecule has 1 aliphatic rings. The highest BCUT2D eigenvalue weighted by atomic mass is 15.1. The first-order valence-electron chi connectivity index (χ1n) is 4.82. The molecule has 2 heteroatoms. The fourth-order valence-electron chi connectivity index (χ4n) is 1.90. The van der Waals surface area contributed by atoms with Crippen molar-refractivity contribution in [2.75, 3.05) is 7.05 Å². The van der Waals surface area contributed by atoms with Crippen LogP contribution in [0.2, 0.25) is 0 Å². The van der Waals surface area contributed by atoms with Gasteiger partial charge < -0.3 is 0 Å². The van der Waals surface area contributed by atoms with E-state index in [2.05, 4.69) is 28.4 Å². The van der Waals surface area contributed by atoms with Gasteiger partial charge in [-0.1, -0.05) is 6.07 Å². The van der Waals surface area contributed by atoms with Gasteiger partial charge in [-0.3, -0.25) is 0 Å². The Morgan fingerprint density at radius 3 is 2.62 bits per heavy atom. The van der Waals surface area contributed by atoms with Gasteiger partial charge in [0.15, 0.2) is 0 Å². The van der Waals surface area contributed by atoms with Crippen molar-refractivity contribution in [1.29, 1.82) is 0 Å². The van der Waals surface area contributed by atoms with Crippen molar-refractivity contribution < 1.29 is 0 Å². The maximum atomic E-state index is 4.04. The predicted molar refractivity (Wildman–Crippen MR) is 53.5 cm³/mol. The lowest BCUT2D eigenvalue weighted by molar-refractivity contribution is 0.685. The van der Waals surface area contributed by atoms with E-state index in [1.807, 2.05) is 0 Å². The standard InChI is InChI=1S/C11H14N2/c1-12-13-11-7-6-9-4-2-3-5-10(9)8-11/h6-8H,2-5H2,1H3. The highest BCUT2D eigenvalue weighted by Gasteiger charge is 2.08. The van der Waals surface area contributed by atoms with Crippen molar-refractivity contribution in [2.24, 2.45) is 10.2 Å². The molecule has 0 radical (unpaired) electrons. The molecule has 0 atom stereocenters. The number of nitrogens with zero attached hydrogens (tertiary/aromatic N) is 2. The van der Waals surface area contributed by atoms with E-state index in [1.54, 1.807) is 7.05 Å². The van der Waals surface area contributed by atoms with E-state index in [1.165, 1.54) is 36.8 Å². The SMILES string of the molecule is CN=Nc1ccc2c(c1)CCCC2. The van der Waals surface area contributed by atoms with Crippen LogP contribution in [0, 0.1) is 0 Å². The Labute approximate surface area is 78.7 Å². The van der Waals surface area contributed by atoms with Gasteiger partial charge in [0.2, 0.25) is 0 Å². The number of fused-ring (bicyclic) bond motifs is 1. The molecule has 0 fully saturated rings. The molecule has 0 saturated heterocycles. The van der Waals surface area contributed by atoms with Gasteiger partial charge in [-0.2, -0.15) is 10.2 Å². The molecule has 0 bridgehead atoms. The number of hydrogen-bond donors (Lipinski definition) is 0. The molecule has 0 N–H and O–H groups in total. The maximum Gasteiger partial charge on any atom is 0.0855 e. The van der Waals surface area contributed by atoms with Crippen LogP contribution in [0.15, 0.2) is 28.4 Å². The summed E-state index contributed by atoms with van der Waals surface area (Å²) in [6.07, 6.45) is 5.10. The summed E-state index contributed by atoms with van der Waals surface area (Å²) in [6.45, 7) is 0. The van der Waals surface area contributed by atoms with Crippen LogP contribution in [-0.2, 0) is 12.8 Å². The van der Waals surface area contributed by atoms with Crippen LogP contribution in [0.4, 0.5) is 5.69 Å². The molecule has 0 aliphatic heterocycles. The van der Waals surface area contributed by atoms with E-state index in [0.717, 1.165) is 5.69 Å². The minimum Gasteiger partial charge on any atom is -0.192 e. The molecule has 0 aromatic heterocycles. The van der Waals surface area contributed by atoms with E-state index in [-0.39, 0.29) is 0 Å². The van der Waals surface area contributed by atoms with Gasteiger partial charge in [0.25, 0.3) is 0 Å². The van der Waals surface area contributed by atoms with Crippen LogP contribution in [0.1, 0.15) is 24.0 Å². The largest absolute Gasteiger partial charge is 0.192 e. The van der Waals surface area contributed by atoms with Crippen LogP contribution < -0.4 is 0 Å². The molecule has 2 rings (SSSR count). The van der Waals surface area contributed by atoms with Crippen LogP contribution >= 0.6 is 0 Å². The lowest BCUT2D eigenvalue weighted by Crippen LogP contribution is -2.01. The number of hydrogen-bond acceptors (Lipinski definition) is 2. The molecular weight excluding hydrogens is 160 g/mol. The summed E-state index contributed by atoms with van der Waals surface area (Å²) in [4.78, 5) is 0. The van der Waals surface area contributed by atoms with Crippen molar-refractivity contribution in [1.82, 2.24) is 0 Å². The third kappa shape index (κ3) is 1.77. The zero-order valence-corrected chi connectivity index (χ0v) is 7.95. The molecule has 0 unspecified atom stereocenters. The van der Waals surface area contributed by atoms with Gasteiger partial charge >= 0.3 is 0 Å². The second-order valence-corrected chi connectivity index (χ2v) is 3.46. The Kier molecular flexibility index (Phi) is 2.39. The average molecular weight is 174 g/mol. The lowest BCUT2D eigenvalue weighted by Gasteiger charge is -2.15. The first-order valence-corrected chi connectivity index (χ1v) is 4.82. The van der Waals surface area contributed by atoms with Gasteiger partial charge in [0.05, 0.1) is 5.69 Å². The van der Waals surface area contributed by atoms with Crippen molar-refractivity contribution in [2.45, 2.75) is 25.7 Å². The van der Waals surface area contributed by atoms with Crippen LogP contribution in [-0.4, -0.2) is 7.05 Å². The number of rotatable bonds is 1. The van der Waals surface area contributed by atoms with Crippen LogP contribution in [0.25, 0.3) is 0 Å². The third-order valence-corrected chi connectivity index (χ3v) is 2.55. The van der Waals surface area contributed by atoms with Gasteiger partial charge in [0, 0.05) is 7.05 Å². The molecule has 1 aromatic rings. The van der Waals surface area contributed by atoms with Crippen molar-refractivity contribution in [3.05, 3.63) is 29.3 Å². The zero-order chi connectivity index (χ0) is 9.10. The Balaban J connectivity index is 2.35. The summed E-state index contributed by atoms with van der Waals surface area (Å²) in [5.41, 5.74) is 3.96. The summed E-state index contributed by atoms with van der Waals surface area (Å²) in [5.74, 6) is 0. The summed E-state index contributed by atoms with van der Waals surface area (Å²) in [6, 6.07) is 6.41. The smallest absolute Gasteiger partial charge is 0.0855 e. The second-order valence-electron chi connectivity index (χ2n) is 3.46. The monoisotopic (exact) mass is 174 g/mol. The Morgan fingerprint density at radius 2 is 1.85 bits per heavy atom. The van der Waals surface area contributed by atoms with E-state index < -0.39 is 0 Å². The van der Waals surface area contributed by atoms with E-state index in [0.29, 0.717) is 0 Å².